The molecule has 7 heteroatoms. The van der Waals surface area contributed by atoms with E-state index >= 15 is 0 Å². The fourth-order valence-electron chi connectivity index (χ4n) is 2.49. The molecule has 1 heterocycles. The van der Waals surface area contributed by atoms with Crippen molar-refractivity contribution in [3.63, 3.8) is 0 Å². The summed E-state index contributed by atoms with van der Waals surface area (Å²) >= 11 is 0. The van der Waals surface area contributed by atoms with Crippen LogP contribution in [0.25, 0.3) is 0 Å². The molecule has 0 unspecified atom stereocenters. The van der Waals surface area contributed by atoms with Crippen molar-refractivity contribution in [2.24, 2.45) is 0 Å². The van der Waals surface area contributed by atoms with Crippen molar-refractivity contribution >= 4 is 17.3 Å². The second-order valence-electron chi connectivity index (χ2n) is 5.44. The average molecular weight is 310 g/mol. The van der Waals surface area contributed by atoms with Crippen LogP contribution in [0.4, 0.5) is 15.8 Å². The molecule has 6 nitrogen and oxygen atoms in total. The van der Waals surface area contributed by atoms with Gasteiger partial charge in [-0.25, -0.2) is 4.39 Å². The maximum atomic E-state index is 13.5. The van der Waals surface area contributed by atoms with Crippen LogP contribution >= 0.6 is 0 Å². The molecule has 0 radical (unpaired) electrons. The molecule has 1 amide bonds. The van der Waals surface area contributed by atoms with Crippen LogP contribution in [-0.2, 0) is 4.79 Å². The Hall–Kier alpha value is -1.70. The smallest absolute Gasteiger partial charge is 0.225 e. The van der Waals surface area contributed by atoms with E-state index in [4.69, 9.17) is 10.8 Å². The lowest BCUT2D eigenvalue weighted by Crippen LogP contribution is -2.47. The van der Waals surface area contributed by atoms with Crippen molar-refractivity contribution in [2.45, 2.75) is 6.42 Å². The largest absolute Gasteiger partial charge is 0.399 e. The number of nitrogens with one attached hydrogen (secondary N) is 1. The highest BCUT2D eigenvalue weighted by Gasteiger charge is 2.17. The summed E-state index contributed by atoms with van der Waals surface area (Å²) in [5.41, 5.74) is 6.12. The first kappa shape index (κ1) is 16.7. The minimum atomic E-state index is -0.486. The summed E-state index contributed by atoms with van der Waals surface area (Å²) in [5.74, 6) is -0.706. The number of halogens is 1. The van der Waals surface area contributed by atoms with Gasteiger partial charge in [0.1, 0.15) is 5.82 Å². The van der Waals surface area contributed by atoms with E-state index in [0.29, 0.717) is 25.2 Å². The number of β-amino-alcohol motifs (C(OH)–C–C–N with tert-alkyl or cyclic N) is 1. The van der Waals surface area contributed by atoms with Gasteiger partial charge in [-0.05, 0) is 18.2 Å². The Labute approximate surface area is 129 Å². The van der Waals surface area contributed by atoms with Crippen molar-refractivity contribution in [2.75, 3.05) is 56.9 Å². The maximum Gasteiger partial charge on any atom is 0.225 e. The fourth-order valence-corrected chi connectivity index (χ4v) is 2.49. The summed E-state index contributed by atoms with van der Waals surface area (Å²) in [7, 11) is 0. The third kappa shape index (κ3) is 4.94. The summed E-state index contributed by atoms with van der Waals surface area (Å²) in [5, 5.41) is 11.5. The van der Waals surface area contributed by atoms with Crippen LogP contribution in [0.2, 0.25) is 0 Å². The Morgan fingerprint density at radius 3 is 2.50 bits per heavy atom. The van der Waals surface area contributed by atoms with Gasteiger partial charge in [0.05, 0.1) is 12.3 Å². The number of piperazine rings is 1. The topological polar surface area (TPSA) is 81.8 Å². The van der Waals surface area contributed by atoms with Crippen molar-refractivity contribution < 1.29 is 14.3 Å². The van der Waals surface area contributed by atoms with E-state index in [9.17, 15) is 9.18 Å². The number of carbonyl (C=O) groups excluding carboxylic acids is 1. The number of carbonyl (C=O) groups is 1. The minimum absolute atomic E-state index is 0.123. The number of aliphatic hydroxyl groups is 1. The number of nitrogens with two attached hydrogens (primary N) is 1. The first-order chi connectivity index (χ1) is 10.6. The lowest BCUT2D eigenvalue weighted by Gasteiger charge is -2.34. The second kappa shape index (κ2) is 8.07. The fraction of sp³-hybridized carbons (Fsp3) is 0.533. The number of hydrogen-bond donors (Lipinski definition) is 3. The van der Waals surface area contributed by atoms with Crippen LogP contribution in [0.1, 0.15) is 6.42 Å². The highest BCUT2D eigenvalue weighted by Crippen LogP contribution is 2.17. The Morgan fingerprint density at radius 2 is 1.86 bits per heavy atom. The number of rotatable bonds is 6. The maximum absolute atomic E-state index is 13.5. The van der Waals surface area contributed by atoms with E-state index in [0.717, 1.165) is 26.2 Å². The van der Waals surface area contributed by atoms with E-state index in [1.54, 1.807) is 0 Å². The zero-order chi connectivity index (χ0) is 15.9. The van der Waals surface area contributed by atoms with Crippen LogP contribution in [0.5, 0.6) is 0 Å². The quantitative estimate of drug-likeness (QED) is 0.660. The Kier molecular flexibility index (Phi) is 6.11. The summed E-state index contributed by atoms with van der Waals surface area (Å²) < 4.78 is 13.5. The van der Waals surface area contributed by atoms with E-state index in [-0.39, 0.29) is 18.2 Å². The lowest BCUT2D eigenvalue weighted by molar-refractivity contribution is -0.116. The van der Waals surface area contributed by atoms with Crippen LogP contribution in [0.3, 0.4) is 0 Å². The number of nitrogens with zero attached hydrogens (tertiary/aromatic N) is 2. The highest BCUT2D eigenvalue weighted by atomic mass is 19.1. The molecule has 1 aromatic rings. The molecule has 2 rings (SSSR count). The van der Waals surface area contributed by atoms with Crippen molar-refractivity contribution in [3.05, 3.63) is 24.0 Å². The first-order valence-electron chi connectivity index (χ1n) is 7.49. The normalized spacial score (nSPS) is 16.6. The van der Waals surface area contributed by atoms with Crippen molar-refractivity contribution in [3.8, 4) is 0 Å². The van der Waals surface area contributed by atoms with E-state index in [2.05, 4.69) is 15.1 Å². The van der Waals surface area contributed by atoms with Crippen LogP contribution in [0, 0.1) is 5.82 Å². The zero-order valence-corrected chi connectivity index (χ0v) is 12.6. The highest BCUT2D eigenvalue weighted by molar-refractivity contribution is 5.91. The van der Waals surface area contributed by atoms with Gasteiger partial charge in [0.2, 0.25) is 5.91 Å². The molecule has 0 bridgehead atoms. The van der Waals surface area contributed by atoms with E-state index in [1.165, 1.54) is 18.2 Å². The van der Waals surface area contributed by atoms with Crippen molar-refractivity contribution in [1.82, 2.24) is 9.80 Å². The van der Waals surface area contributed by atoms with Crippen LogP contribution in [0.15, 0.2) is 18.2 Å². The molecular weight excluding hydrogens is 287 g/mol. The van der Waals surface area contributed by atoms with E-state index in [1.807, 2.05) is 0 Å². The Bertz CT molecular complexity index is 504. The SMILES string of the molecule is Nc1ccc(F)c(NC(=O)CCN2CCN(CCO)CC2)c1. The molecule has 0 aliphatic carbocycles. The van der Waals surface area contributed by atoms with Gasteiger partial charge in [0.15, 0.2) is 0 Å². The molecule has 0 aromatic heterocycles. The average Bonchev–Trinajstić information content (AvgIpc) is 2.51. The molecule has 4 N–H and O–H groups in total. The Balaban J connectivity index is 1.73. The first-order valence-corrected chi connectivity index (χ1v) is 7.49. The predicted molar refractivity (Wildman–Crippen MR) is 84.0 cm³/mol. The van der Waals surface area contributed by atoms with E-state index < -0.39 is 5.82 Å². The zero-order valence-electron chi connectivity index (χ0n) is 12.6. The summed E-state index contributed by atoms with van der Waals surface area (Å²) in [6, 6.07) is 4.11. The molecule has 1 aromatic carbocycles. The molecule has 1 fully saturated rings. The van der Waals surface area contributed by atoms with Crippen LogP contribution in [-0.4, -0.2) is 66.7 Å². The number of amides is 1. The van der Waals surface area contributed by atoms with Gasteiger partial charge >= 0.3 is 0 Å². The number of hydrogen-bond acceptors (Lipinski definition) is 5. The van der Waals surface area contributed by atoms with Gasteiger partial charge in [-0.15, -0.1) is 0 Å². The predicted octanol–water partition coefficient (Wildman–Crippen LogP) is 0.346. The van der Waals surface area contributed by atoms with Gasteiger partial charge in [0, 0.05) is 51.4 Å². The number of aliphatic hydroxyl groups excluding tert-OH is 1. The van der Waals surface area contributed by atoms with Gasteiger partial charge in [-0.2, -0.15) is 0 Å². The molecule has 122 valence electrons. The van der Waals surface area contributed by atoms with Gasteiger partial charge < -0.3 is 21.1 Å². The monoisotopic (exact) mass is 310 g/mol. The minimum Gasteiger partial charge on any atom is -0.399 e. The molecule has 1 saturated heterocycles. The molecule has 0 spiro atoms. The number of anilines is 2. The number of nitrogen functional groups attached to an aromatic ring is 1. The third-order valence-corrected chi connectivity index (χ3v) is 3.80. The third-order valence-electron chi connectivity index (χ3n) is 3.80. The van der Waals surface area contributed by atoms with Crippen LogP contribution < -0.4 is 11.1 Å². The summed E-state index contributed by atoms with van der Waals surface area (Å²) in [4.78, 5) is 16.3. The molecule has 0 saturated carbocycles. The lowest BCUT2D eigenvalue weighted by atomic mass is 10.2. The molecule has 0 atom stereocenters. The van der Waals surface area contributed by atoms with Gasteiger partial charge in [-0.3, -0.25) is 9.69 Å². The standard InChI is InChI=1S/C15H23FN4O2/c16-13-2-1-12(17)11-14(13)18-15(22)3-4-19-5-7-20(8-6-19)9-10-21/h1-2,11,21H,3-10,17H2,(H,18,22). The molecule has 22 heavy (non-hydrogen) atoms. The summed E-state index contributed by atoms with van der Waals surface area (Å²) in [6.45, 7) is 5.05. The van der Waals surface area contributed by atoms with Gasteiger partial charge in [0.25, 0.3) is 0 Å². The molecular formula is C15H23FN4O2. The number of benzene rings is 1. The van der Waals surface area contributed by atoms with Gasteiger partial charge in [-0.1, -0.05) is 0 Å². The molecule has 1 aliphatic rings. The molecule has 1 aliphatic heterocycles. The Morgan fingerprint density at radius 1 is 1.23 bits per heavy atom. The summed E-state index contributed by atoms with van der Waals surface area (Å²) in [6.07, 6.45) is 0.314. The van der Waals surface area contributed by atoms with Crippen molar-refractivity contribution in [1.29, 1.82) is 0 Å². The second-order valence-corrected chi connectivity index (χ2v) is 5.44.